The lowest BCUT2D eigenvalue weighted by atomic mass is 10.3. The van der Waals surface area contributed by atoms with Crippen LogP contribution in [0.4, 0.5) is 0 Å². The van der Waals surface area contributed by atoms with Gasteiger partial charge in [-0.15, -0.1) is 6.58 Å². The van der Waals surface area contributed by atoms with Gasteiger partial charge in [0.25, 0.3) is 0 Å². The fourth-order valence-corrected chi connectivity index (χ4v) is 2.13. The van der Waals surface area contributed by atoms with Gasteiger partial charge in [-0.1, -0.05) is 45.0 Å². The van der Waals surface area contributed by atoms with Gasteiger partial charge in [0.1, 0.15) is 0 Å². The Bertz CT molecular complexity index is 216. The van der Waals surface area contributed by atoms with Gasteiger partial charge in [-0.2, -0.15) is 0 Å². The van der Waals surface area contributed by atoms with Crippen molar-refractivity contribution in [2.75, 3.05) is 6.16 Å². The highest BCUT2D eigenvalue weighted by Gasteiger charge is 1.89. The first kappa shape index (κ1) is 9.48. The predicted molar refractivity (Wildman–Crippen MR) is 58.7 cm³/mol. The molecule has 0 radical (unpaired) electrons. The molecule has 1 unspecified atom stereocenters. The molecule has 0 aliphatic heterocycles. The summed E-state index contributed by atoms with van der Waals surface area (Å²) in [5, 5.41) is 1.47. The number of unbranched alkanes of at least 4 members (excludes halogenated alkanes) is 1. The van der Waals surface area contributed by atoms with Crippen molar-refractivity contribution >= 4 is 13.9 Å². The fraction of sp³-hybridized carbons (Fsp3) is 0.273. The lowest BCUT2D eigenvalue weighted by molar-refractivity contribution is 0.973. The first-order valence-corrected chi connectivity index (χ1v) is 5.54. The number of rotatable bonds is 5. The van der Waals surface area contributed by atoms with E-state index < -0.39 is 0 Å². The predicted octanol–water partition coefficient (Wildman–Crippen LogP) is 2.96. The molecule has 0 aliphatic carbocycles. The van der Waals surface area contributed by atoms with E-state index in [9.17, 15) is 0 Å². The molecule has 0 spiro atoms. The quantitative estimate of drug-likeness (QED) is 0.369. The van der Waals surface area contributed by atoms with Crippen LogP contribution in [0.5, 0.6) is 0 Å². The van der Waals surface area contributed by atoms with E-state index in [2.05, 4.69) is 36.9 Å². The number of hydrogen-bond acceptors (Lipinski definition) is 0. The van der Waals surface area contributed by atoms with E-state index in [1.54, 1.807) is 0 Å². The summed E-state index contributed by atoms with van der Waals surface area (Å²) in [5.41, 5.74) is 0. The van der Waals surface area contributed by atoms with Gasteiger partial charge in [0.2, 0.25) is 0 Å². The molecule has 12 heavy (non-hydrogen) atoms. The first-order valence-electron chi connectivity index (χ1n) is 4.33. The lowest BCUT2D eigenvalue weighted by Crippen LogP contribution is -1.92. The maximum atomic E-state index is 3.71. The Hall–Kier alpha value is -0.610. The highest BCUT2D eigenvalue weighted by molar-refractivity contribution is 7.47. The van der Waals surface area contributed by atoms with Gasteiger partial charge in [-0.3, -0.25) is 0 Å². The largest absolute Gasteiger partial charge is 0.103 e. The summed E-state index contributed by atoms with van der Waals surface area (Å²) >= 11 is 0. The molecule has 0 amide bonds. The summed E-state index contributed by atoms with van der Waals surface area (Å²) in [4.78, 5) is 0. The Labute approximate surface area is 76.5 Å². The van der Waals surface area contributed by atoms with Crippen molar-refractivity contribution < 1.29 is 0 Å². The van der Waals surface area contributed by atoms with E-state index in [0.29, 0.717) is 0 Å². The Kier molecular flexibility index (Phi) is 4.71. The Morgan fingerprint density at radius 2 is 2.00 bits per heavy atom. The van der Waals surface area contributed by atoms with Crippen LogP contribution in [0.1, 0.15) is 12.8 Å². The summed E-state index contributed by atoms with van der Waals surface area (Å²) < 4.78 is 0. The van der Waals surface area contributed by atoms with Crippen LogP contribution in [-0.4, -0.2) is 6.16 Å². The van der Waals surface area contributed by atoms with Gasteiger partial charge in [-0.25, -0.2) is 0 Å². The summed E-state index contributed by atoms with van der Waals surface area (Å²) in [7, 11) is 0.967. The Morgan fingerprint density at radius 1 is 1.25 bits per heavy atom. The maximum Gasteiger partial charge on any atom is -0.0271 e. The van der Waals surface area contributed by atoms with Crippen molar-refractivity contribution in [3.63, 3.8) is 0 Å². The van der Waals surface area contributed by atoms with Gasteiger partial charge >= 0.3 is 0 Å². The van der Waals surface area contributed by atoms with Crippen LogP contribution in [0.3, 0.4) is 0 Å². The van der Waals surface area contributed by atoms with Crippen LogP contribution in [0.15, 0.2) is 43.0 Å². The molecule has 1 heteroatoms. The van der Waals surface area contributed by atoms with Gasteiger partial charge in [0.15, 0.2) is 0 Å². The van der Waals surface area contributed by atoms with Crippen LogP contribution in [0.25, 0.3) is 0 Å². The zero-order valence-corrected chi connectivity index (χ0v) is 8.29. The van der Waals surface area contributed by atoms with Gasteiger partial charge < -0.3 is 0 Å². The highest BCUT2D eigenvalue weighted by atomic mass is 31.1. The summed E-state index contributed by atoms with van der Waals surface area (Å²) in [6.45, 7) is 3.71. The molecule has 1 atom stereocenters. The fourth-order valence-electron chi connectivity index (χ4n) is 1.04. The van der Waals surface area contributed by atoms with Crippen molar-refractivity contribution in [1.29, 1.82) is 0 Å². The molecule has 0 saturated heterocycles. The average Bonchev–Trinajstić information content (AvgIpc) is 2.14. The third-order valence-electron chi connectivity index (χ3n) is 1.69. The summed E-state index contributed by atoms with van der Waals surface area (Å²) in [5.74, 6) is 0. The molecular formula is C11H15P. The minimum absolute atomic E-state index is 0.967. The third-order valence-corrected chi connectivity index (χ3v) is 3.03. The molecule has 0 nitrogen and oxygen atoms in total. The number of benzene rings is 1. The van der Waals surface area contributed by atoms with Crippen LogP contribution in [0, 0.1) is 0 Å². The van der Waals surface area contributed by atoms with Crippen molar-refractivity contribution in [2.24, 2.45) is 0 Å². The second-order valence-electron chi connectivity index (χ2n) is 2.72. The van der Waals surface area contributed by atoms with E-state index in [1.807, 2.05) is 6.08 Å². The molecule has 1 rings (SSSR count). The van der Waals surface area contributed by atoms with E-state index in [-0.39, 0.29) is 0 Å². The Balaban J connectivity index is 2.20. The monoisotopic (exact) mass is 178 g/mol. The summed E-state index contributed by atoms with van der Waals surface area (Å²) in [6, 6.07) is 10.7. The minimum Gasteiger partial charge on any atom is -0.103 e. The van der Waals surface area contributed by atoms with Crippen LogP contribution >= 0.6 is 8.58 Å². The van der Waals surface area contributed by atoms with Gasteiger partial charge in [0.05, 0.1) is 0 Å². The van der Waals surface area contributed by atoms with E-state index in [4.69, 9.17) is 0 Å². The zero-order chi connectivity index (χ0) is 8.65. The Morgan fingerprint density at radius 3 is 2.67 bits per heavy atom. The van der Waals surface area contributed by atoms with Crippen LogP contribution < -0.4 is 5.30 Å². The smallest absolute Gasteiger partial charge is 0.0271 e. The van der Waals surface area contributed by atoms with Gasteiger partial charge in [-0.05, 0) is 24.3 Å². The van der Waals surface area contributed by atoms with E-state index in [0.717, 1.165) is 15.0 Å². The molecule has 0 aromatic heterocycles. The number of hydrogen-bond donors (Lipinski definition) is 0. The third kappa shape index (κ3) is 3.69. The second kappa shape index (κ2) is 5.97. The summed E-state index contributed by atoms with van der Waals surface area (Å²) in [6.07, 6.45) is 5.72. The topological polar surface area (TPSA) is 0 Å². The maximum absolute atomic E-state index is 3.71. The first-order chi connectivity index (χ1) is 5.93. The molecule has 0 fully saturated rings. The molecule has 1 aromatic carbocycles. The molecule has 1 aromatic rings. The SMILES string of the molecule is C=CCCCPc1ccccc1. The molecule has 0 aliphatic rings. The normalized spacial score (nSPS) is 10.7. The van der Waals surface area contributed by atoms with Crippen LogP contribution in [0.2, 0.25) is 0 Å². The highest BCUT2D eigenvalue weighted by Crippen LogP contribution is 2.11. The molecule has 0 heterocycles. The lowest BCUT2D eigenvalue weighted by Gasteiger charge is -1.99. The number of allylic oxidation sites excluding steroid dienone is 1. The second-order valence-corrected chi connectivity index (χ2v) is 4.15. The van der Waals surface area contributed by atoms with Crippen molar-refractivity contribution in [3.05, 3.63) is 43.0 Å². The van der Waals surface area contributed by atoms with Gasteiger partial charge in [0, 0.05) is 0 Å². The molecule has 0 saturated carbocycles. The van der Waals surface area contributed by atoms with E-state index in [1.165, 1.54) is 17.9 Å². The minimum atomic E-state index is 0.967. The standard InChI is InChI=1S/C11H15P/c1-2-3-7-10-12-11-8-5-4-6-9-11/h2,4-6,8-9,12H,1,3,7,10H2. The molecule has 0 bridgehead atoms. The molecule has 0 N–H and O–H groups in total. The molecular weight excluding hydrogens is 163 g/mol. The average molecular weight is 178 g/mol. The van der Waals surface area contributed by atoms with Crippen molar-refractivity contribution in [2.45, 2.75) is 12.8 Å². The van der Waals surface area contributed by atoms with E-state index >= 15 is 0 Å². The van der Waals surface area contributed by atoms with Crippen LogP contribution in [-0.2, 0) is 0 Å². The zero-order valence-electron chi connectivity index (χ0n) is 7.29. The van der Waals surface area contributed by atoms with Crippen molar-refractivity contribution in [3.8, 4) is 0 Å². The molecule has 64 valence electrons. The van der Waals surface area contributed by atoms with Crippen molar-refractivity contribution in [1.82, 2.24) is 0 Å².